The third-order valence-electron chi connectivity index (χ3n) is 2.35. The lowest BCUT2D eigenvalue weighted by molar-refractivity contribution is 0.0963. The van der Waals surface area contributed by atoms with Gasteiger partial charge < -0.3 is 10.5 Å². The van der Waals surface area contributed by atoms with E-state index in [1.807, 2.05) is 0 Å². The van der Waals surface area contributed by atoms with Gasteiger partial charge in [0.1, 0.15) is 0 Å². The number of rotatable bonds is 8. The second-order valence-corrected chi connectivity index (χ2v) is 3.33. The summed E-state index contributed by atoms with van der Waals surface area (Å²) in [5, 5.41) is 0. The van der Waals surface area contributed by atoms with Gasteiger partial charge in [-0.3, -0.25) is 4.90 Å². The first-order valence-electron chi connectivity index (χ1n) is 5.23. The van der Waals surface area contributed by atoms with Gasteiger partial charge in [0, 0.05) is 19.7 Å². The Balaban J connectivity index is 3.84. The minimum Gasteiger partial charge on any atom is -0.383 e. The molecule has 0 aliphatic carbocycles. The topological polar surface area (TPSA) is 38.5 Å². The Morgan fingerprint density at radius 2 is 2.08 bits per heavy atom. The van der Waals surface area contributed by atoms with Crippen LogP contribution in [0.4, 0.5) is 0 Å². The number of nitrogens with two attached hydrogens (primary N) is 1. The highest BCUT2D eigenvalue weighted by atomic mass is 16.5. The number of unbranched alkanes of at least 4 members (excludes halogenated alkanes) is 1. The Labute approximate surface area is 82.2 Å². The highest BCUT2D eigenvalue weighted by molar-refractivity contribution is 4.70. The molecular weight excluding hydrogens is 164 g/mol. The van der Waals surface area contributed by atoms with Crippen LogP contribution in [-0.2, 0) is 4.74 Å². The Kier molecular flexibility index (Phi) is 8.40. The first kappa shape index (κ1) is 12.9. The molecule has 0 aliphatic heterocycles. The lowest BCUT2D eigenvalue weighted by Crippen LogP contribution is -2.44. The van der Waals surface area contributed by atoms with Gasteiger partial charge in [-0.1, -0.05) is 20.3 Å². The maximum Gasteiger partial charge on any atom is 0.0630 e. The van der Waals surface area contributed by atoms with Crippen molar-refractivity contribution in [2.45, 2.75) is 32.7 Å². The van der Waals surface area contributed by atoms with Crippen LogP contribution in [0, 0.1) is 0 Å². The van der Waals surface area contributed by atoms with E-state index in [4.69, 9.17) is 10.5 Å². The van der Waals surface area contributed by atoms with Crippen LogP contribution in [0.25, 0.3) is 0 Å². The van der Waals surface area contributed by atoms with Crippen molar-refractivity contribution in [3.8, 4) is 0 Å². The second kappa shape index (κ2) is 8.48. The SMILES string of the molecule is CCCCN(CC)C(CN)COC. The van der Waals surface area contributed by atoms with Gasteiger partial charge in [-0.15, -0.1) is 0 Å². The smallest absolute Gasteiger partial charge is 0.0630 e. The molecular formula is C10H24N2O. The van der Waals surface area contributed by atoms with Crippen molar-refractivity contribution in [2.24, 2.45) is 5.73 Å². The van der Waals surface area contributed by atoms with E-state index in [2.05, 4.69) is 18.7 Å². The molecule has 0 saturated heterocycles. The molecule has 0 spiro atoms. The van der Waals surface area contributed by atoms with E-state index in [-0.39, 0.29) is 0 Å². The van der Waals surface area contributed by atoms with Gasteiger partial charge in [-0.2, -0.15) is 0 Å². The molecule has 0 aromatic rings. The third kappa shape index (κ3) is 5.24. The fourth-order valence-corrected chi connectivity index (χ4v) is 1.47. The molecule has 1 unspecified atom stereocenters. The molecule has 0 aromatic heterocycles. The summed E-state index contributed by atoms with van der Waals surface area (Å²) in [5.74, 6) is 0. The minimum absolute atomic E-state index is 0.390. The molecule has 0 amide bonds. The molecule has 0 heterocycles. The normalized spacial score (nSPS) is 13.6. The maximum absolute atomic E-state index is 5.69. The van der Waals surface area contributed by atoms with Crippen molar-refractivity contribution >= 4 is 0 Å². The average Bonchev–Trinajstić information content (AvgIpc) is 2.17. The number of methoxy groups -OCH3 is 1. The van der Waals surface area contributed by atoms with E-state index in [0.29, 0.717) is 12.6 Å². The highest BCUT2D eigenvalue weighted by Gasteiger charge is 2.13. The Morgan fingerprint density at radius 3 is 2.46 bits per heavy atom. The van der Waals surface area contributed by atoms with E-state index in [0.717, 1.165) is 19.7 Å². The van der Waals surface area contributed by atoms with E-state index in [9.17, 15) is 0 Å². The van der Waals surface area contributed by atoms with Crippen molar-refractivity contribution in [3.05, 3.63) is 0 Å². The Hall–Kier alpha value is -0.120. The van der Waals surface area contributed by atoms with E-state index in [1.54, 1.807) is 7.11 Å². The summed E-state index contributed by atoms with van der Waals surface area (Å²) in [6.07, 6.45) is 2.48. The van der Waals surface area contributed by atoms with E-state index in [1.165, 1.54) is 12.8 Å². The molecule has 0 aliphatic rings. The van der Waals surface area contributed by atoms with Gasteiger partial charge in [0.15, 0.2) is 0 Å². The molecule has 13 heavy (non-hydrogen) atoms. The molecule has 0 radical (unpaired) electrons. The fraction of sp³-hybridized carbons (Fsp3) is 1.00. The third-order valence-corrected chi connectivity index (χ3v) is 2.35. The number of ether oxygens (including phenoxy) is 1. The van der Waals surface area contributed by atoms with Crippen molar-refractivity contribution in [2.75, 3.05) is 33.4 Å². The second-order valence-electron chi connectivity index (χ2n) is 3.33. The summed E-state index contributed by atoms with van der Waals surface area (Å²) in [4.78, 5) is 2.40. The summed E-state index contributed by atoms with van der Waals surface area (Å²) in [5.41, 5.74) is 5.69. The van der Waals surface area contributed by atoms with Crippen LogP contribution in [0.2, 0.25) is 0 Å². The van der Waals surface area contributed by atoms with E-state index >= 15 is 0 Å². The van der Waals surface area contributed by atoms with Crippen molar-refractivity contribution in [1.82, 2.24) is 4.90 Å². The predicted octanol–water partition coefficient (Wildman–Crippen LogP) is 1.08. The molecule has 0 saturated carbocycles. The van der Waals surface area contributed by atoms with Crippen LogP contribution in [0.1, 0.15) is 26.7 Å². The predicted molar refractivity (Wildman–Crippen MR) is 56.9 cm³/mol. The molecule has 0 bridgehead atoms. The Morgan fingerprint density at radius 1 is 1.38 bits per heavy atom. The zero-order valence-corrected chi connectivity index (χ0v) is 9.25. The number of hydrogen-bond donors (Lipinski definition) is 1. The average molecular weight is 188 g/mol. The number of likely N-dealkylation sites (N-methyl/N-ethyl adjacent to an activating group) is 1. The van der Waals surface area contributed by atoms with Crippen LogP contribution >= 0.6 is 0 Å². The van der Waals surface area contributed by atoms with Gasteiger partial charge in [0.05, 0.1) is 6.61 Å². The molecule has 3 heteroatoms. The monoisotopic (exact) mass is 188 g/mol. The highest BCUT2D eigenvalue weighted by Crippen LogP contribution is 2.01. The fourth-order valence-electron chi connectivity index (χ4n) is 1.47. The zero-order chi connectivity index (χ0) is 10.1. The number of nitrogens with zero attached hydrogens (tertiary/aromatic N) is 1. The summed E-state index contributed by atoms with van der Waals surface area (Å²) >= 11 is 0. The van der Waals surface area contributed by atoms with Gasteiger partial charge >= 0.3 is 0 Å². The van der Waals surface area contributed by atoms with Crippen LogP contribution < -0.4 is 5.73 Å². The van der Waals surface area contributed by atoms with Gasteiger partial charge in [-0.05, 0) is 19.5 Å². The lowest BCUT2D eigenvalue weighted by Gasteiger charge is -2.29. The summed E-state index contributed by atoms with van der Waals surface area (Å²) in [6, 6.07) is 0.390. The standard InChI is InChI=1S/C10H24N2O/c1-4-6-7-12(5-2)10(8-11)9-13-3/h10H,4-9,11H2,1-3H3. The van der Waals surface area contributed by atoms with Gasteiger partial charge in [0.2, 0.25) is 0 Å². The van der Waals surface area contributed by atoms with Gasteiger partial charge in [-0.25, -0.2) is 0 Å². The molecule has 0 fully saturated rings. The first-order chi connectivity index (χ1) is 6.29. The molecule has 2 N–H and O–H groups in total. The van der Waals surface area contributed by atoms with Crippen LogP contribution in [0.15, 0.2) is 0 Å². The number of hydrogen-bond acceptors (Lipinski definition) is 3. The van der Waals surface area contributed by atoms with Crippen LogP contribution in [-0.4, -0.2) is 44.3 Å². The summed E-state index contributed by atoms with van der Waals surface area (Å²) in [7, 11) is 1.73. The van der Waals surface area contributed by atoms with Crippen molar-refractivity contribution in [3.63, 3.8) is 0 Å². The molecule has 80 valence electrons. The largest absolute Gasteiger partial charge is 0.383 e. The quantitative estimate of drug-likeness (QED) is 0.619. The summed E-state index contributed by atoms with van der Waals surface area (Å²) in [6.45, 7) is 8.01. The molecule has 3 nitrogen and oxygen atoms in total. The Bertz CT molecular complexity index is 109. The minimum atomic E-state index is 0.390. The van der Waals surface area contributed by atoms with E-state index < -0.39 is 0 Å². The zero-order valence-electron chi connectivity index (χ0n) is 9.25. The van der Waals surface area contributed by atoms with Crippen molar-refractivity contribution < 1.29 is 4.74 Å². The maximum atomic E-state index is 5.69. The van der Waals surface area contributed by atoms with Crippen molar-refractivity contribution in [1.29, 1.82) is 0 Å². The molecule has 0 aromatic carbocycles. The van der Waals surface area contributed by atoms with Crippen LogP contribution in [0.3, 0.4) is 0 Å². The molecule has 0 rings (SSSR count). The summed E-state index contributed by atoms with van der Waals surface area (Å²) < 4.78 is 5.14. The van der Waals surface area contributed by atoms with Gasteiger partial charge in [0.25, 0.3) is 0 Å². The lowest BCUT2D eigenvalue weighted by atomic mass is 10.2. The molecule has 1 atom stereocenters. The van der Waals surface area contributed by atoms with Crippen LogP contribution in [0.5, 0.6) is 0 Å². The first-order valence-corrected chi connectivity index (χ1v) is 5.23.